The van der Waals surface area contributed by atoms with Crippen molar-refractivity contribution in [2.45, 2.75) is 19.0 Å². The van der Waals surface area contributed by atoms with Gasteiger partial charge in [0.25, 0.3) is 0 Å². The maximum absolute atomic E-state index is 10.7. The van der Waals surface area contributed by atoms with Gasteiger partial charge in [-0.2, -0.15) is 0 Å². The molecule has 0 bridgehead atoms. The Kier molecular flexibility index (Phi) is 6.13. The Labute approximate surface area is 208 Å². The molecular formula is C26H23ClN4O2S. The molecule has 3 heterocycles. The third-order valence-corrected chi connectivity index (χ3v) is 6.35. The molecule has 1 fully saturated rings. The molecule has 1 aliphatic rings. The Bertz CT molecular complexity index is 1310. The van der Waals surface area contributed by atoms with Crippen LogP contribution in [-0.2, 0) is 0 Å². The summed E-state index contributed by atoms with van der Waals surface area (Å²) in [6, 6.07) is 22.2. The van der Waals surface area contributed by atoms with Crippen LogP contribution in [0.15, 0.2) is 85.2 Å². The summed E-state index contributed by atoms with van der Waals surface area (Å²) in [4.78, 5) is 6.51. The number of phenolic OH excluding ortho intramolecular Hbond substituents is 1. The molecule has 34 heavy (non-hydrogen) atoms. The molecular weight excluding hydrogens is 468 g/mol. The summed E-state index contributed by atoms with van der Waals surface area (Å²) in [7, 11) is 0. The number of anilines is 1. The van der Waals surface area contributed by atoms with Gasteiger partial charge < -0.3 is 24.6 Å². The lowest BCUT2D eigenvalue weighted by Gasteiger charge is -2.29. The highest BCUT2D eigenvalue weighted by Crippen LogP contribution is 2.45. The molecule has 0 spiro atoms. The Morgan fingerprint density at radius 2 is 1.91 bits per heavy atom. The van der Waals surface area contributed by atoms with Crippen molar-refractivity contribution in [3.05, 3.63) is 102 Å². The van der Waals surface area contributed by atoms with Crippen LogP contribution in [0.3, 0.4) is 0 Å². The van der Waals surface area contributed by atoms with Crippen LogP contribution in [0.25, 0.3) is 5.69 Å². The minimum Gasteiger partial charge on any atom is -0.506 e. The van der Waals surface area contributed by atoms with Crippen LogP contribution in [-0.4, -0.2) is 26.4 Å². The van der Waals surface area contributed by atoms with Crippen LogP contribution in [0.2, 0.25) is 5.02 Å². The molecule has 1 saturated heterocycles. The highest BCUT2D eigenvalue weighted by molar-refractivity contribution is 7.80. The molecule has 0 aliphatic carbocycles. The van der Waals surface area contributed by atoms with Crippen molar-refractivity contribution in [2.24, 2.45) is 0 Å². The number of benzene rings is 2. The average Bonchev–Trinajstić information content (AvgIpc) is 3.46. The van der Waals surface area contributed by atoms with Crippen molar-refractivity contribution in [2.75, 3.05) is 11.5 Å². The largest absolute Gasteiger partial charge is 0.506 e. The van der Waals surface area contributed by atoms with E-state index in [1.54, 1.807) is 24.4 Å². The van der Waals surface area contributed by atoms with Crippen molar-refractivity contribution in [3.63, 3.8) is 0 Å². The second-order valence-corrected chi connectivity index (χ2v) is 8.68. The number of rotatable bonds is 6. The predicted octanol–water partition coefficient (Wildman–Crippen LogP) is 5.81. The fraction of sp³-hybridized carbons (Fsp3) is 0.154. The van der Waals surface area contributed by atoms with Crippen LogP contribution in [0.5, 0.6) is 11.5 Å². The van der Waals surface area contributed by atoms with E-state index in [9.17, 15) is 5.11 Å². The van der Waals surface area contributed by atoms with Gasteiger partial charge in [0.1, 0.15) is 17.5 Å². The van der Waals surface area contributed by atoms with Gasteiger partial charge >= 0.3 is 0 Å². The monoisotopic (exact) mass is 490 g/mol. The number of aromatic hydroxyl groups is 1. The van der Waals surface area contributed by atoms with E-state index in [0.717, 1.165) is 22.8 Å². The van der Waals surface area contributed by atoms with Crippen molar-refractivity contribution < 1.29 is 9.84 Å². The molecule has 6 nitrogen and oxygen atoms in total. The highest BCUT2D eigenvalue weighted by atomic mass is 35.5. The summed E-state index contributed by atoms with van der Waals surface area (Å²) in [6.45, 7) is 2.58. The lowest BCUT2D eigenvalue weighted by atomic mass is 10.0. The van der Waals surface area contributed by atoms with Crippen molar-refractivity contribution >= 4 is 34.6 Å². The van der Waals surface area contributed by atoms with E-state index < -0.39 is 0 Å². The molecule has 2 N–H and O–H groups in total. The first-order valence-electron chi connectivity index (χ1n) is 11.0. The van der Waals surface area contributed by atoms with E-state index in [1.165, 1.54) is 0 Å². The van der Waals surface area contributed by atoms with Crippen LogP contribution in [0.4, 0.5) is 5.69 Å². The van der Waals surface area contributed by atoms with Gasteiger partial charge in [-0.05, 0) is 85.9 Å². The number of ether oxygens (including phenoxy) is 1. The summed E-state index contributed by atoms with van der Waals surface area (Å²) >= 11 is 12.1. The first-order valence-corrected chi connectivity index (χ1v) is 11.7. The molecule has 0 unspecified atom stereocenters. The van der Waals surface area contributed by atoms with Crippen molar-refractivity contribution in [1.29, 1.82) is 0 Å². The van der Waals surface area contributed by atoms with Crippen molar-refractivity contribution in [3.8, 4) is 17.2 Å². The molecule has 0 amide bonds. The number of hydrogen-bond donors (Lipinski definition) is 2. The number of halogens is 1. The van der Waals surface area contributed by atoms with Gasteiger partial charge in [0.2, 0.25) is 0 Å². The third kappa shape index (κ3) is 4.08. The molecule has 2 atom stereocenters. The zero-order valence-corrected chi connectivity index (χ0v) is 20.0. The van der Waals surface area contributed by atoms with E-state index in [-0.39, 0.29) is 17.8 Å². The lowest BCUT2D eigenvalue weighted by Crippen LogP contribution is -2.30. The molecule has 5 rings (SSSR count). The lowest BCUT2D eigenvalue weighted by molar-refractivity contribution is 0.340. The Morgan fingerprint density at radius 1 is 1.09 bits per heavy atom. The number of thiocarbonyl (C=S) groups is 1. The van der Waals surface area contributed by atoms with Gasteiger partial charge in [0.15, 0.2) is 5.11 Å². The summed E-state index contributed by atoms with van der Waals surface area (Å²) in [5.74, 6) is 0.917. The highest BCUT2D eigenvalue weighted by Gasteiger charge is 2.43. The van der Waals surface area contributed by atoms with Gasteiger partial charge in [-0.3, -0.25) is 4.98 Å². The summed E-state index contributed by atoms with van der Waals surface area (Å²) in [5, 5.41) is 15.1. The van der Waals surface area contributed by atoms with E-state index in [0.29, 0.717) is 22.4 Å². The van der Waals surface area contributed by atoms with Crippen molar-refractivity contribution in [1.82, 2.24) is 14.9 Å². The molecule has 0 radical (unpaired) electrons. The van der Waals surface area contributed by atoms with Gasteiger partial charge in [-0.25, -0.2) is 0 Å². The van der Waals surface area contributed by atoms with Crippen LogP contribution in [0, 0.1) is 0 Å². The molecule has 2 aromatic carbocycles. The smallest absolute Gasteiger partial charge is 0.174 e. The molecule has 0 saturated carbocycles. The fourth-order valence-corrected chi connectivity index (χ4v) is 4.85. The minimum absolute atomic E-state index is 0.0967. The van der Waals surface area contributed by atoms with Gasteiger partial charge in [-0.15, -0.1) is 0 Å². The van der Waals surface area contributed by atoms with Gasteiger partial charge in [0, 0.05) is 28.8 Å². The molecule has 2 aromatic heterocycles. The second-order valence-electron chi connectivity index (χ2n) is 7.86. The summed E-state index contributed by atoms with van der Waals surface area (Å²) in [6.07, 6.45) is 3.78. The Morgan fingerprint density at radius 3 is 2.65 bits per heavy atom. The first kappa shape index (κ1) is 22.3. The minimum atomic E-state index is -0.298. The standard InChI is InChI=1S/C26H23ClN4O2S/c1-2-33-19-11-9-18(10-12-19)30-15-5-7-21(30)25-24(20-6-3-4-14-28-20)29-26(34)31(25)22-16-17(27)8-13-23(22)32/h3-16,24-25,32H,2H2,1H3,(H,29,34)/t24-,25+/m0/s1. The number of phenols is 1. The average molecular weight is 491 g/mol. The summed E-state index contributed by atoms with van der Waals surface area (Å²) < 4.78 is 7.71. The number of nitrogens with zero attached hydrogens (tertiary/aromatic N) is 3. The van der Waals surface area contributed by atoms with E-state index in [1.807, 2.05) is 66.6 Å². The maximum Gasteiger partial charge on any atom is 0.174 e. The zero-order valence-electron chi connectivity index (χ0n) is 18.4. The Balaban J connectivity index is 1.64. The normalized spacial score (nSPS) is 17.6. The SMILES string of the molecule is CCOc1ccc(-n2cccc2[C@@H]2[C@H](c3ccccn3)NC(=S)N2c2cc(Cl)ccc2O)cc1. The second kappa shape index (κ2) is 9.37. The number of aromatic nitrogens is 2. The topological polar surface area (TPSA) is 62.5 Å². The van der Waals surface area contributed by atoms with Gasteiger partial charge in [0.05, 0.1) is 24.0 Å². The number of pyridine rings is 1. The van der Waals surface area contributed by atoms with Crippen LogP contribution >= 0.6 is 23.8 Å². The molecule has 1 aliphatic heterocycles. The summed E-state index contributed by atoms with van der Waals surface area (Å²) in [5.41, 5.74) is 3.34. The third-order valence-electron chi connectivity index (χ3n) is 5.80. The quantitative estimate of drug-likeness (QED) is 0.333. The van der Waals surface area contributed by atoms with Crippen LogP contribution < -0.4 is 15.0 Å². The van der Waals surface area contributed by atoms with E-state index >= 15 is 0 Å². The van der Waals surface area contributed by atoms with Gasteiger partial charge in [-0.1, -0.05) is 17.7 Å². The van der Waals surface area contributed by atoms with E-state index in [2.05, 4.69) is 20.9 Å². The number of hydrogen-bond acceptors (Lipinski definition) is 4. The zero-order chi connectivity index (χ0) is 23.7. The number of nitrogens with one attached hydrogen (secondary N) is 1. The predicted molar refractivity (Wildman–Crippen MR) is 138 cm³/mol. The molecule has 8 heteroatoms. The maximum atomic E-state index is 10.7. The molecule has 172 valence electrons. The molecule has 4 aromatic rings. The van der Waals surface area contributed by atoms with Crippen LogP contribution in [0.1, 0.15) is 30.4 Å². The first-order chi connectivity index (χ1) is 16.6. The van der Waals surface area contributed by atoms with E-state index in [4.69, 9.17) is 28.6 Å². The Hall–Kier alpha value is -3.55. The fourth-order valence-electron chi connectivity index (χ4n) is 4.34.